The van der Waals surface area contributed by atoms with E-state index in [0.717, 1.165) is 16.8 Å². The van der Waals surface area contributed by atoms with Gasteiger partial charge < -0.3 is 4.57 Å². The summed E-state index contributed by atoms with van der Waals surface area (Å²) in [6, 6.07) is 2.09. The maximum absolute atomic E-state index is 13.0. The standard InChI is InChI=1S/C16H13ClF6N2O2S/c1-3-28(26,27)12-6-9(15(18,19)20)4-5-11(12)14-24-8-10(25(14)2)7-13(17)16(21,22)23/h4-8H,3H2,1-2H3. The number of hydrogen-bond donors (Lipinski definition) is 0. The van der Waals surface area contributed by atoms with Gasteiger partial charge in [0, 0.05) is 12.6 Å². The molecule has 0 aliphatic carbocycles. The van der Waals surface area contributed by atoms with Crippen molar-refractivity contribution in [1.82, 2.24) is 9.55 Å². The first kappa shape index (κ1) is 22.3. The topological polar surface area (TPSA) is 52.0 Å². The Morgan fingerprint density at radius 1 is 1.21 bits per heavy atom. The Hall–Kier alpha value is -2.01. The fourth-order valence-corrected chi connectivity index (χ4v) is 3.54. The van der Waals surface area contributed by atoms with Crippen LogP contribution in [0, 0.1) is 0 Å². The minimum absolute atomic E-state index is 0.114. The Morgan fingerprint density at radius 2 is 1.82 bits per heavy atom. The first-order valence-corrected chi connectivity index (χ1v) is 9.62. The molecule has 0 N–H and O–H groups in total. The number of imidazole rings is 1. The summed E-state index contributed by atoms with van der Waals surface area (Å²) in [6.07, 6.45) is -7.98. The van der Waals surface area contributed by atoms with E-state index in [1.807, 2.05) is 0 Å². The number of rotatable bonds is 4. The second kappa shape index (κ2) is 7.43. The molecule has 2 aromatic rings. The van der Waals surface area contributed by atoms with E-state index in [1.165, 1.54) is 14.0 Å². The predicted octanol–water partition coefficient (Wildman–Crippen LogP) is 5.04. The van der Waals surface area contributed by atoms with Crippen LogP contribution in [0.15, 0.2) is 34.3 Å². The third-order valence-electron chi connectivity index (χ3n) is 3.83. The molecule has 1 aromatic heterocycles. The number of alkyl halides is 6. The number of benzene rings is 1. The van der Waals surface area contributed by atoms with Crippen LogP contribution in [0.3, 0.4) is 0 Å². The molecule has 0 saturated carbocycles. The van der Waals surface area contributed by atoms with Crippen molar-refractivity contribution in [2.24, 2.45) is 7.05 Å². The van der Waals surface area contributed by atoms with Crippen LogP contribution in [0.4, 0.5) is 26.3 Å². The maximum Gasteiger partial charge on any atom is 0.427 e. The highest BCUT2D eigenvalue weighted by molar-refractivity contribution is 7.91. The van der Waals surface area contributed by atoms with Crippen LogP contribution in [-0.2, 0) is 23.1 Å². The molecule has 0 amide bonds. The van der Waals surface area contributed by atoms with Crippen LogP contribution >= 0.6 is 11.6 Å². The van der Waals surface area contributed by atoms with E-state index in [0.29, 0.717) is 18.2 Å². The molecule has 0 spiro atoms. The third-order valence-corrected chi connectivity index (χ3v) is 5.93. The Balaban J connectivity index is 2.70. The summed E-state index contributed by atoms with van der Waals surface area (Å²) >= 11 is 5.19. The van der Waals surface area contributed by atoms with E-state index in [-0.39, 0.29) is 17.1 Å². The molecule has 0 aliphatic heterocycles. The van der Waals surface area contributed by atoms with Crippen molar-refractivity contribution in [2.45, 2.75) is 24.2 Å². The molecule has 0 unspecified atom stereocenters. The Morgan fingerprint density at radius 3 is 2.32 bits per heavy atom. The van der Waals surface area contributed by atoms with Gasteiger partial charge >= 0.3 is 12.4 Å². The highest BCUT2D eigenvalue weighted by Gasteiger charge is 2.34. The van der Waals surface area contributed by atoms with Gasteiger partial charge in [0.2, 0.25) is 0 Å². The molecule has 154 valence electrons. The monoisotopic (exact) mass is 446 g/mol. The van der Waals surface area contributed by atoms with Crippen LogP contribution in [0.2, 0.25) is 0 Å². The minimum Gasteiger partial charge on any atom is -0.328 e. The quantitative estimate of drug-likeness (QED) is 0.618. The molecule has 0 fully saturated rings. The average Bonchev–Trinajstić information content (AvgIpc) is 2.93. The van der Waals surface area contributed by atoms with E-state index in [9.17, 15) is 34.8 Å². The van der Waals surface area contributed by atoms with Crippen LogP contribution in [0.1, 0.15) is 18.2 Å². The lowest BCUT2D eigenvalue weighted by Crippen LogP contribution is -2.12. The number of nitrogens with zero attached hydrogens (tertiary/aromatic N) is 2. The van der Waals surface area contributed by atoms with E-state index in [4.69, 9.17) is 11.6 Å². The molecule has 1 aromatic carbocycles. The Bertz CT molecular complexity index is 1020. The molecule has 0 radical (unpaired) electrons. The van der Waals surface area contributed by atoms with Crippen molar-refractivity contribution in [2.75, 3.05) is 5.75 Å². The number of hydrogen-bond acceptors (Lipinski definition) is 3. The summed E-state index contributed by atoms with van der Waals surface area (Å²) in [4.78, 5) is 3.25. The van der Waals surface area contributed by atoms with E-state index < -0.39 is 43.4 Å². The van der Waals surface area contributed by atoms with E-state index in [2.05, 4.69) is 4.98 Å². The summed E-state index contributed by atoms with van der Waals surface area (Å²) < 4.78 is 103. The van der Waals surface area contributed by atoms with Gasteiger partial charge in [-0.3, -0.25) is 0 Å². The van der Waals surface area contributed by atoms with Gasteiger partial charge in [-0.25, -0.2) is 13.4 Å². The Labute approximate surface area is 161 Å². The smallest absolute Gasteiger partial charge is 0.328 e. The SMILES string of the molecule is CCS(=O)(=O)c1cc(C(F)(F)F)ccc1-c1ncc(C=C(Cl)C(F)(F)F)n1C. The van der Waals surface area contributed by atoms with Gasteiger partial charge in [0.25, 0.3) is 0 Å². The Kier molecular flexibility index (Phi) is 5.91. The average molecular weight is 447 g/mol. The van der Waals surface area contributed by atoms with Gasteiger partial charge in [0.1, 0.15) is 10.9 Å². The van der Waals surface area contributed by atoms with Gasteiger partial charge in [0.15, 0.2) is 9.84 Å². The second-order valence-electron chi connectivity index (χ2n) is 5.67. The summed E-state index contributed by atoms with van der Waals surface area (Å²) in [7, 11) is -2.80. The minimum atomic E-state index is -4.79. The fourth-order valence-electron chi connectivity index (χ4n) is 2.31. The van der Waals surface area contributed by atoms with Crippen molar-refractivity contribution < 1.29 is 34.8 Å². The maximum atomic E-state index is 13.0. The molecule has 4 nitrogen and oxygen atoms in total. The molecule has 1 heterocycles. The fraction of sp³-hybridized carbons (Fsp3) is 0.312. The highest BCUT2D eigenvalue weighted by Crippen LogP contribution is 2.36. The molecule has 0 atom stereocenters. The van der Waals surface area contributed by atoms with Crippen molar-refractivity contribution in [3.05, 3.63) is 40.7 Å². The first-order valence-electron chi connectivity index (χ1n) is 7.59. The molecule has 0 saturated heterocycles. The van der Waals surface area contributed by atoms with Gasteiger partial charge in [-0.2, -0.15) is 26.3 Å². The normalized spacial score (nSPS) is 13.8. The zero-order valence-electron chi connectivity index (χ0n) is 14.4. The van der Waals surface area contributed by atoms with Crippen LogP contribution < -0.4 is 0 Å². The summed E-state index contributed by atoms with van der Waals surface area (Å²) in [6.45, 7) is 1.26. The molecule has 28 heavy (non-hydrogen) atoms. The molecular formula is C16H13ClF6N2O2S. The molecule has 12 heteroatoms. The summed E-state index contributed by atoms with van der Waals surface area (Å²) in [5.74, 6) is -0.600. The highest BCUT2D eigenvalue weighted by atomic mass is 35.5. The second-order valence-corrected chi connectivity index (χ2v) is 8.32. The van der Waals surface area contributed by atoms with Crippen molar-refractivity contribution in [1.29, 1.82) is 0 Å². The summed E-state index contributed by atoms with van der Waals surface area (Å²) in [5.41, 5.74) is -1.45. The van der Waals surface area contributed by atoms with Gasteiger partial charge in [-0.1, -0.05) is 18.5 Å². The van der Waals surface area contributed by atoms with Crippen molar-refractivity contribution >= 4 is 27.5 Å². The lowest BCUT2D eigenvalue weighted by atomic mass is 10.1. The number of halogens is 7. The first-order chi connectivity index (χ1) is 12.7. The van der Waals surface area contributed by atoms with Crippen LogP contribution in [-0.4, -0.2) is 29.9 Å². The number of allylic oxidation sites excluding steroid dienone is 1. The summed E-state index contributed by atoms with van der Waals surface area (Å²) in [5, 5.41) is -1.43. The van der Waals surface area contributed by atoms with Crippen molar-refractivity contribution in [3.63, 3.8) is 0 Å². The number of aromatic nitrogens is 2. The molecule has 2 rings (SSSR count). The van der Waals surface area contributed by atoms with Crippen LogP contribution in [0.25, 0.3) is 17.5 Å². The lowest BCUT2D eigenvalue weighted by molar-refractivity contribution is -0.137. The molecule has 0 aliphatic rings. The molecular weight excluding hydrogens is 434 g/mol. The zero-order chi connectivity index (χ0) is 21.5. The predicted molar refractivity (Wildman–Crippen MR) is 91.3 cm³/mol. The third kappa shape index (κ3) is 4.52. The van der Waals surface area contributed by atoms with Gasteiger partial charge in [0.05, 0.1) is 28.1 Å². The molecule has 0 bridgehead atoms. The van der Waals surface area contributed by atoms with E-state index >= 15 is 0 Å². The largest absolute Gasteiger partial charge is 0.427 e. The van der Waals surface area contributed by atoms with E-state index in [1.54, 1.807) is 0 Å². The lowest BCUT2D eigenvalue weighted by Gasteiger charge is -2.14. The van der Waals surface area contributed by atoms with Crippen molar-refractivity contribution in [3.8, 4) is 11.4 Å². The van der Waals surface area contributed by atoms with Gasteiger partial charge in [-0.15, -0.1) is 0 Å². The van der Waals surface area contributed by atoms with Crippen LogP contribution in [0.5, 0.6) is 0 Å². The zero-order valence-corrected chi connectivity index (χ0v) is 15.9. The number of sulfone groups is 1. The van der Waals surface area contributed by atoms with Gasteiger partial charge in [-0.05, 0) is 24.3 Å².